The summed E-state index contributed by atoms with van der Waals surface area (Å²) in [5.41, 5.74) is 0. The largest absolute Gasteiger partial charge is 0.472 e. The van der Waals surface area contributed by atoms with Gasteiger partial charge in [0.15, 0.2) is 12.2 Å². The van der Waals surface area contributed by atoms with Gasteiger partial charge < -0.3 is 33.8 Å². The minimum absolute atomic E-state index is 0.106. The van der Waals surface area contributed by atoms with Crippen LogP contribution in [0.4, 0.5) is 0 Å². The molecular weight excluding hydrogens is 1250 g/mol. The molecule has 3 N–H and O–H groups in total. The predicted molar refractivity (Wildman–Crippen MR) is 386 cm³/mol. The van der Waals surface area contributed by atoms with Gasteiger partial charge in [-0.25, -0.2) is 9.13 Å². The molecule has 0 aliphatic rings. The van der Waals surface area contributed by atoms with Crippen LogP contribution in [0.2, 0.25) is 0 Å². The standard InChI is InChI=1S/C76H148O17P2/c1-9-69(8)55-47-39-30-26-27-31-40-48-56-73(78)86-62-71(92-75(80)58-50-42-32-24-20-16-12-10-14-18-22-28-36-44-52-66(2)3)64-90-94(82,83)88-60-70(77)61-89-95(84,85)91-65-72(63-87-74(79)57-49-41-35-34-38-46-54-68(6)7)93-76(81)59-51-43-33-25-21-17-13-11-15-19-23-29-37-45-53-67(4)5/h66-72,77H,9-65H2,1-8H3,(H,82,83)(H,84,85)/t69?,70-,71-,72-/m1/s1. The Kier molecular flexibility index (Phi) is 64.0. The van der Waals surface area contributed by atoms with Crippen LogP contribution in [0.25, 0.3) is 0 Å². The number of carbonyl (C=O) groups is 4. The molecule has 3 unspecified atom stereocenters. The second-order valence-corrected chi connectivity index (χ2v) is 32.0. The highest BCUT2D eigenvalue weighted by Gasteiger charge is 2.30. The number of phosphoric ester groups is 2. The van der Waals surface area contributed by atoms with Crippen LogP contribution in [-0.4, -0.2) is 96.7 Å². The van der Waals surface area contributed by atoms with Crippen molar-refractivity contribution in [2.75, 3.05) is 39.6 Å². The quantitative estimate of drug-likeness (QED) is 0.0222. The van der Waals surface area contributed by atoms with Crippen LogP contribution < -0.4 is 0 Å². The van der Waals surface area contributed by atoms with E-state index in [1.807, 2.05) is 0 Å². The van der Waals surface area contributed by atoms with Gasteiger partial charge in [0, 0.05) is 25.7 Å². The maximum Gasteiger partial charge on any atom is 0.472 e. The third kappa shape index (κ3) is 69.0. The van der Waals surface area contributed by atoms with Crippen molar-refractivity contribution < 1.29 is 80.2 Å². The van der Waals surface area contributed by atoms with E-state index in [4.69, 9.17) is 37.0 Å². The number of hydrogen-bond acceptors (Lipinski definition) is 15. The minimum atomic E-state index is -4.96. The molecule has 0 fully saturated rings. The van der Waals surface area contributed by atoms with E-state index in [0.29, 0.717) is 31.6 Å². The SMILES string of the molecule is CCC(C)CCCCCCCCCCC(=O)OC[C@H](COP(=O)(O)OC[C@@H](O)COP(=O)(O)OC[C@@H](COC(=O)CCCCCCCCC(C)C)OC(=O)CCCCCCCCCCCCCCCCC(C)C)OC(=O)CCCCCCCCCCCCCCCCC(C)C. The summed E-state index contributed by atoms with van der Waals surface area (Å²) in [6, 6.07) is 0. The summed E-state index contributed by atoms with van der Waals surface area (Å²) < 4.78 is 68.5. The number of aliphatic hydroxyl groups excluding tert-OH is 1. The zero-order chi connectivity index (χ0) is 70.3. The third-order valence-corrected chi connectivity index (χ3v) is 19.8. The average Bonchev–Trinajstić information content (AvgIpc) is 1.55. The van der Waals surface area contributed by atoms with Crippen molar-refractivity contribution in [3.05, 3.63) is 0 Å². The number of ether oxygens (including phenoxy) is 4. The third-order valence-electron chi connectivity index (χ3n) is 17.9. The number of phosphoric acid groups is 2. The summed E-state index contributed by atoms with van der Waals surface area (Å²) in [7, 11) is -9.91. The number of rotatable bonds is 73. The monoisotopic (exact) mass is 1400 g/mol. The fourth-order valence-corrected chi connectivity index (χ4v) is 13.1. The summed E-state index contributed by atoms with van der Waals surface area (Å²) in [4.78, 5) is 72.8. The highest BCUT2D eigenvalue weighted by molar-refractivity contribution is 7.47. The van der Waals surface area contributed by atoms with Gasteiger partial charge in [-0.05, 0) is 49.4 Å². The summed E-state index contributed by atoms with van der Waals surface area (Å²) in [6.45, 7) is 14.2. The molecule has 0 rings (SSSR count). The Morgan fingerprint density at radius 1 is 0.295 bits per heavy atom. The van der Waals surface area contributed by atoms with Gasteiger partial charge in [0.1, 0.15) is 19.3 Å². The van der Waals surface area contributed by atoms with E-state index in [2.05, 4.69) is 55.4 Å². The molecule has 0 spiro atoms. The lowest BCUT2D eigenvalue weighted by atomic mass is 9.99. The number of aliphatic hydroxyl groups is 1. The van der Waals surface area contributed by atoms with E-state index in [-0.39, 0.29) is 25.7 Å². The van der Waals surface area contributed by atoms with Crippen molar-refractivity contribution in [1.29, 1.82) is 0 Å². The molecule has 6 atom stereocenters. The second kappa shape index (κ2) is 65.4. The van der Waals surface area contributed by atoms with Crippen LogP contribution in [-0.2, 0) is 65.4 Å². The first-order valence-electron chi connectivity index (χ1n) is 39.2. The number of hydrogen-bond donors (Lipinski definition) is 3. The lowest BCUT2D eigenvalue weighted by molar-refractivity contribution is -0.161. The Morgan fingerprint density at radius 3 is 0.747 bits per heavy atom. The molecule has 95 heavy (non-hydrogen) atoms. The zero-order valence-corrected chi connectivity index (χ0v) is 64.1. The molecule has 0 aliphatic heterocycles. The van der Waals surface area contributed by atoms with Crippen molar-refractivity contribution in [3.8, 4) is 0 Å². The first-order chi connectivity index (χ1) is 45.6. The highest BCUT2D eigenvalue weighted by atomic mass is 31.2. The normalized spacial score (nSPS) is 14.4. The van der Waals surface area contributed by atoms with Crippen molar-refractivity contribution >= 4 is 39.5 Å². The van der Waals surface area contributed by atoms with Gasteiger partial charge in [-0.2, -0.15) is 0 Å². The van der Waals surface area contributed by atoms with Crippen LogP contribution in [0.3, 0.4) is 0 Å². The summed E-state index contributed by atoms with van der Waals surface area (Å²) in [5, 5.41) is 10.6. The first kappa shape index (κ1) is 93.1. The molecule has 0 saturated carbocycles. The number of carbonyl (C=O) groups excluding carboxylic acids is 4. The van der Waals surface area contributed by atoms with Gasteiger partial charge in [0.05, 0.1) is 26.4 Å². The Hall–Kier alpha value is -1.94. The van der Waals surface area contributed by atoms with E-state index in [1.54, 1.807) is 0 Å². The van der Waals surface area contributed by atoms with Gasteiger partial charge in [-0.3, -0.25) is 37.3 Å². The molecule has 0 aromatic carbocycles. The molecule has 17 nitrogen and oxygen atoms in total. The van der Waals surface area contributed by atoms with Gasteiger partial charge in [0.2, 0.25) is 0 Å². The molecule has 0 aromatic rings. The van der Waals surface area contributed by atoms with E-state index < -0.39 is 97.5 Å². The Labute approximate surface area is 581 Å². The molecule has 0 aliphatic carbocycles. The molecule has 0 heterocycles. The van der Waals surface area contributed by atoms with E-state index in [0.717, 1.165) is 114 Å². The summed E-state index contributed by atoms with van der Waals surface area (Å²) in [5.74, 6) is 0.925. The van der Waals surface area contributed by atoms with E-state index in [1.165, 1.54) is 180 Å². The molecular formula is C76H148O17P2. The fraction of sp³-hybridized carbons (Fsp3) is 0.947. The van der Waals surface area contributed by atoms with Crippen LogP contribution in [0.15, 0.2) is 0 Å². The van der Waals surface area contributed by atoms with Gasteiger partial charge in [-0.15, -0.1) is 0 Å². The lowest BCUT2D eigenvalue weighted by Gasteiger charge is -2.21. The Morgan fingerprint density at radius 2 is 0.505 bits per heavy atom. The number of esters is 4. The highest BCUT2D eigenvalue weighted by Crippen LogP contribution is 2.45. The van der Waals surface area contributed by atoms with Crippen molar-refractivity contribution in [1.82, 2.24) is 0 Å². The molecule has 0 aromatic heterocycles. The summed E-state index contributed by atoms with van der Waals surface area (Å²) >= 11 is 0. The van der Waals surface area contributed by atoms with Crippen LogP contribution in [0, 0.1) is 23.7 Å². The van der Waals surface area contributed by atoms with E-state index >= 15 is 0 Å². The maximum absolute atomic E-state index is 13.1. The molecule has 19 heteroatoms. The van der Waals surface area contributed by atoms with Crippen LogP contribution >= 0.6 is 15.6 Å². The average molecular weight is 1400 g/mol. The predicted octanol–water partition coefficient (Wildman–Crippen LogP) is 22.0. The Bertz CT molecular complexity index is 1870. The van der Waals surface area contributed by atoms with Crippen molar-refractivity contribution in [2.24, 2.45) is 23.7 Å². The second-order valence-electron chi connectivity index (χ2n) is 29.1. The number of unbranched alkanes of at least 4 members (excludes halogenated alkanes) is 38. The molecule has 0 saturated heterocycles. The lowest BCUT2D eigenvalue weighted by Crippen LogP contribution is -2.30. The molecule has 0 amide bonds. The smallest absolute Gasteiger partial charge is 0.462 e. The van der Waals surface area contributed by atoms with E-state index in [9.17, 15) is 43.2 Å². The Balaban J connectivity index is 5.23. The van der Waals surface area contributed by atoms with Crippen molar-refractivity contribution in [2.45, 2.75) is 401 Å². The maximum atomic E-state index is 13.1. The van der Waals surface area contributed by atoms with Gasteiger partial charge >= 0.3 is 39.5 Å². The zero-order valence-electron chi connectivity index (χ0n) is 62.3. The first-order valence-corrected chi connectivity index (χ1v) is 42.2. The minimum Gasteiger partial charge on any atom is -0.462 e. The van der Waals surface area contributed by atoms with Crippen LogP contribution in [0.1, 0.15) is 383 Å². The van der Waals surface area contributed by atoms with Gasteiger partial charge in [0.25, 0.3) is 0 Å². The van der Waals surface area contributed by atoms with Crippen LogP contribution in [0.5, 0.6) is 0 Å². The van der Waals surface area contributed by atoms with Crippen molar-refractivity contribution in [3.63, 3.8) is 0 Å². The van der Waals surface area contributed by atoms with Gasteiger partial charge in [-0.1, -0.05) is 331 Å². The molecule has 564 valence electrons. The summed E-state index contributed by atoms with van der Waals surface area (Å²) in [6.07, 6.45) is 50.0. The molecule has 0 bridgehead atoms. The topological polar surface area (TPSA) is 237 Å². The fourth-order valence-electron chi connectivity index (χ4n) is 11.5. The molecule has 0 radical (unpaired) electrons.